The van der Waals surface area contributed by atoms with Gasteiger partial charge in [0.2, 0.25) is 0 Å². The van der Waals surface area contributed by atoms with Gasteiger partial charge in [-0.05, 0) is 77.4 Å². The summed E-state index contributed by atoms with van der Waals surface area (Å²) in [6.07, 6.45) is 12.7. The van der Waals surface area contributed by atoms with Gasteiger partial charge < -0.3 is 29.2 Å². The lowest BCUT2D eigenvalue weighted by molar-refractivity contribution is 0.205. The largest absolute Gasteiger partial charge is 0.493 e. The van der Waals surface area contributed by atoms with Crippen LogP contribution in [0.1, 0.15) is 69.5 Å². The number of benzene rings is 3. The highest BCUT2D eigenvalue weighted by Gasteiger charge is 2.35. The maximum absolute atomic E-state index is 10.1. The van der Waals surface area contributed by atoms with Gasteiger partial charge in [-0.2, -0.15) is 10.5 Å². The van der Waals surface area contributed by atoms with Crippen LogP contribution in [0.3, 0.4) is 0 Å². The van der Waals surface area contributed by atoms with Crippen molar-refractivity contribution in [3.05, 3.63) is 159 Å². The molecule has 2 heterocycles. The number of ether oxygens (including phenoxy) is 4. The molecule has 6 rings (SSSR count). The quantitative estimate of drug-likeness (QED) is 0.107. The minimum absolute atomic E-state index is 0.0488. The van der Waals surface area contributed by atoms with Crippen LogP contribution in [0.25, 0.3) is 5.57 Å². The maximum atomic E-state index is 10.1. The Morgan fingerprint density at radius 1 is 0.661 bits per heavy atom. The molecule has 0 amide bonds. The van der Waals surface area contributed by atoms with Crippen molar-refractivity contribution in [1.82, 2.24) is 9.97 Å². The average molecular weight is 749 g/mol. The van der Waals surface area contributed by atoms with Crippen LogP contribution in [0.15, 0.2) is 104 Å². The molecule has 0 spiro atoms. The van der Waals surface area contributed by atoms with Crippen LogP contribution >= 0.6 is 0 Å². The number of aliphatic hydroxyl groups is 2. The van der Waals surface area contributed by atoms with Gasteiger partial charge in [-0.15, -0.1) is 0 Å². The average Bonchev–Trinajstić information content (AvgIpc) is 3.21. The molecular formula is C46H44N4O6. The van der Waals surface area contributed by atoms with Crippen molar-refractivity contribution < 1.29 is 29.2 Å². The summed E-state index contributed by atoms with van der Waals surface area (Å²) >= 11 is 0. The molecule has 0 fully saturated rings. The lowest BCUT2D eigenvalue weighted by Gasteiger charge is -2.37. The Kier molecular flexibility index (Phi) is 12.5. The summed E-state index contributed by atoms with van der Waals surface area (Å²) in [4.78, 5) is 8.21. The van der Waals surface area contributed by atoms with E-state index in [0.717, 1.165) is 33.4 Å². The van der Waals surface area contributed by atoms with E-state index in [-0.39, 0.29) is 37.8 Å². The third kappa shape index (κ3) is 9.24. The third-order valence-electron chi connectivity index (χ3n) is 9.97. The molecule has 2 N–H and O–H groups in total. The van der Waals surface area contributed by atoms with Gasteiger partial charge in [0, 0.05) is 65.1 Å². The highest BCUT2D eigenvalue weighted by Crippen LogP contribution is 2.45. The number of nitrogens with zero attached hydrogens (tertiary/aromatic N) is 4. The standard InChI is InChI=1S/C46H44N4O6/c1-30-11-38(24-51)44(54-27-35-13-33(18-47)20-49-22-35)16-42(30)53-26-32-7-5-8-37(15-32)41-10-6-9-40(46(41,3)4)29-56-43-17-45(39(25-52)12-31(43)2)55-28-36-14-34(19-48)21-50-23-36/h5-17,20-23,40,51-52H,24-29H2,1-4H3. The van der Waals surface area contributed by atoms with E-state index in [1.165, 1.54) is 18.0 Å². The van der Waals surface area contributed by atoms with Gasteiger partial charge in [0.05, 0.1) is 30.9 Å². The second-order valence-corrected chi connectivity index (χ2v) is 14.3. The van der Waals surface area contributed by atoms with Crippen LogP contribution in [-0.2, 0) is 33.0 Å². The van der Waals surface area contributed by atoms with E-state index < -0.39 is 0 Å². The molecule has 284 valence electrons. The normalized spacial score (nSPS) is 14.3. The molecule has 0 radical (unpaired) electrons. The molecule has 0 aliphatic heterocycles. The molecule has 10 heteroatoms. The Morgan fingerprint density at radius 3 is 1.75 bits per heavy atom. The number of aliphatic hydroxyl groups excluding tert-OH is 2. The second-order valence-electron chi connectivity index (χ2n) is 14.3. The Labute approximate surface area is 327 Å². The summed E-state index contributed by atoms with van der Waals surface area (Å²) in [7, 11) is 0. The number of pyridine rings is 2. The number of hydrogen-bond donors (Lipinski definition) is 2. The smallest absolute Gasteiger partial charge is 0.129 e. The molecule has 56 heavy (non-hydrogen) atoms. The van der Waals surface area contributed by atoms with Crippen molar-refractivity contribution in [2.24, 2.45) is 11.3 Å². The van der Waals surface area contributed by atoms with Gasteiger partial charge in [-0.1, -0.05) is 50.3 Å². The van der Waals surface area contributed by atoms with Crippen LogP contribution in [0.5, 0.6) is 23.0 Å². The molecule has 2 aromatic heterocycles. The first-order valence-corrected chi connectivity index (χ1v) is 18.3. The van der Waals surface area contributed by atoms with Gasteiger partial charge in [0.1, 0.15) is 55.0 Å². The Bertz CT molecular complexity index is 2350. The van der Waals surface area contributed by atoms with Gasteiger partial charge in [0.25, 0.3) is 0 Å². The highest BCUT2D eigenvalue weighted by atomic mass is 16.5. The van der Waals surface area contributed by atoms with Crippen molar-refractivity contribution >= 4 is 5.57 Å². The van der Waals surface area contributed by atoms with Gasteiger partial charge >= 0.3 is 0 Å². The van der Waals surface area contributed by atoms with E-state index in [9.17, 15) is 20.7 Å². The van der Waals surface area contributed by atoms with Crippen LogP contribution in [0, 0.1) is 47.8 Å². The molecule has 0 saturated carbocycles. The number of hydrogen-bond acceptors (Lipinski definition) is 10. The molecule has 10 nitrogen and oxygen atoms in total. The van der Waals surface area contributed by atoms with Crippen molar-refractivity contribution in [3.63, 3.8) is 0 Å². The SMILES string of the molecule is Cc1cc(CO)c(OCc2cncc(C#N)c2)cc1OCc1cccc(C2=CC=CC(COc3cc(OCc4cncc(C#N)c4)c(CO)cc3C)C2(C)C)c1. The lowest BCUT2D eigenvalue weighted by Crippen LogP contribution is -2.31. The van der Waals surface area contributed by atoms with Crippen molar-refractivity contribution in [2.45, 2.75) is 60.7 Å². The second kappa shape index (κ2) is 17.8. The van der Waals surface area contributed by atoms with Crippen molar-refractivity contribution in [3.8, 4) is 35.1 Å². The van der Waals surface area contributed by atoms with Crippen LogP contribution < -0.4 is 18.9 Å². The Balaban J connectivity index is 1.12. The minimum atomic E-state index is -0.281. The highest BCUT2D eigenvalue weighted by molar-refractivity contribution is 5.73. The van der Waals surface area contributed by atoms with Crippen LogP contribution in [-0.4, -0.2) is 26.8 Å². The number of nitriles is 2. The number of aromatic nitrogens is 2. The summed E-state index contributed by atoms with van der Waals surface area (Å²) < 4.78 is 24.9. The molecule has 3 aromatic carbocycles. The fourth-order valence-corrected chi connectivity index (χ4v) is 6.71. The summed E-state index contributed by atoms with van der Waals surface area (Å²) in [6, 6.07) is 23.3. The predicted molar refractivity (Wildman–Crippen MR) is 211 cm³/mol. The van der Waals surface area contributed by atoms with Crippen LogP contribution in [0.2, 0.25) is 0 Å². The van der Waals surface area contributed by atoms with Crippen LogP contribution in [0.4, 0.5) is 0 Å². The lowest BCUT2D eigenvalue weighted by atomic mass is 9.68. The molecule has 1 atom stereocenters. The van der Waals surface area contributed by atoms with E-state index in [1.807, 2.05) is 44.2 Å². The molecular weight excluding hydrogens is 705 g/mol. The summed E-state index contributed by atoms with van der Waals surface area (Å²) in [5, 5.41) is 38.5. The third-order valence-corrected chi connectivity index (χ3v) is 9.97. The molecule has 0 bridgehead atoms. The summed E-state index contributed by atoms with van der Waals surface area (Å²) in [6.45, 7) is 9.08. The number of aryl methyl sites for hydroxylation is 2. The van der Waals surface area contributed by atoms with E-state index in [2.05, 4.69) is 66.3 Å². The molecule has 5 aromatic rings. The summed E-state index contributed by atoms with van der Waals surface area (Å²) in [5.41, 5.74) is 8.43. The van der Waals surface area contributed by atoms with E-state index in [4.69, 9.17) is 18.9 Å². The van der Waals surface area contributed by atoms with E-state index in [1.54, 1.807) is 30.6 Å². The first-order valence-electron chi connectivity index (χ1n) is 18.3. The zero-order chi connectivity index (χ0) is 39.7. The topological polar surface area (TPSA) is 151 Å². The van der Waals surface area contributed by atoms with Gasteiger partial charge in [-0.3, -0.25) is 9.97 Å². The van der Waals surface area contributed by atoms with Gasteiger partial charge in [0.15, 0.2) is 0 Å². The van der Waals surface area contributed by atoms with Crippen molar-refractivity contribution in [2.75, 3.05) is 6.61 Å². The Morgan fingerprint density at radius 2 is 1.20 bits per heavy atom. The number of allylic oxidation sites excluding steroid dienone is 3. The summed E-state index contributed by atoms with van der Waals surface area (Å²) in [5.74, 6) is 2.37. The van der Waals surface area contributed by atoms with Gasteiger partial charge in [-0.25, -0.2) is 0 Å². The van der Waals surface area contributed by atoms with E-state index >= 15 is 0 Å². The van der Waals surface area contributed by atoms with E-state index in [0.29, 0.717) is 58.5 Å². The monoisotopic (exact) mass is 748 g/mol. The minimum Gasteiger partial charge on any atom is -0.493 e. The van der Waals surface area contributed by atoms with Crippen molar-refractivity contribution in [1.29, 1.82) is 10.5 Å². The first-order chi connectivity index (χ1) is 27.1. The predicted octanol–water partition coefficient (Wildman–Crippen LogP) is 8.23. The molecule has 0 saturated heterocycles. The number of rotatable bonds is 15. The zero-order valence-electron chi connectivity index (χ0n) is 32.0. The zero-order valence-corrected chi connectivity index (χ0v) is 32.0. The fourth-order valence-electron chi connectivity index (χ4n) is 6.71. The molecule has 1 aliphatic rings. The maximum Gasteiger partial charge on any atom is 0.129 e. The molecule has 1 aliphatic carbocycles. The fraction of sp³-hybridized carbons (Fsp3) is 0.261. The Hall–Kier alpha value is -6.46. The molecule has 1 unspecified atom stereocenters. The first kappa shape index (κ1) is 39.2.